The van der Waals surface area contributed by atoms with Crippen molar-refractivity contribution in [2.45, 2.75) is 6.92 Å². The highest BCUT2D eigenvalue weighted by molar-refractivity contribution is 7.21. The van der Waals surface area contributed by atoms with Crippen molar-refractivity contribution in [3.63, 3.8) is 0 Å². The second-order valence-corrected chi connectivity index (χ2v) is 8.47. The predicted molar refractivity (Wildman–Crippen MR) is 135 cm³/mol. The van der Waals surface area contributed by atoms with Crippen molar-refractivity contribution in [1.82, 2.24) is 9.97 Å². The lowest BCUT2D eigenvalue weighted by molar-refractivity contribution is 0.103. The molecule has 0 aliphatic heterocycles. The number of carbonyl (C=O) groups is 1. The van der Waals surface area contributed by atoms with E-state index in [0.29, 0.717) is 44.4 Å². The molecule has 0 spiro atoms. The standard InChI is InChI=1S/C24H22N6O4S/c1-11-5-6-16(28-10-11)29-23(31)21-19(26)18-17(13(9-25)22(27)30-24(18)35-21)12-7-14(32-2)20(34-4)15(8-12)33-3/h5-8,10H,26H2,1-4H3,(H2,27,30)(H,28,29,31). The lowest BCUT2D eigenvalue weighted by atomic mass is 9.96. The van der Waals surface area contributed by atoms with E-state index in [1.165, 1.54) is 21.3 Å². The molecule has 1 amide bonds. The number of nitriles is 1. The summed E-state index contributed by atoms with van der Waals surface area (Å²) in [5.41, 5.74) is 14.8. The molecule has 0 saturated carbocycles. The molecule has 4 aromatic rings. The zero-order valence-corrected chi connectivity index (χ0v) is 20.2. The number of aryl methyl sites for hydroxylation is 1. The molecule has 0 fully saturated rings. The van der Waals surface area contributed by atoms with E-state index in [1.807, 2.05) is 13.0 Å². The van der Waals surface area contributed by atoms with Crippen LogP contribution in [0.5, 0.6) is 17.2 Å². The predicted octanol–water partition coefficient (Wildman–Crippen LogP) is 3.98. The maximum atomic E-state index is 13.1. The van der Waals surface area contributed by atoms with E-state index in [4.69, 9.17) is 25.7 Å². The Hall–Kier alpha value is -4.56. The van der Waals surface area contributed by atoms with E-state index in [9.17, 15) is 10.1 Å². The first-order chi connectivity index (χ1) is 16.8. The number of amides is 1. The number of nitrogens with two attached hydrogens (primary N) is 2. The van der Waals surface area contributed by atoms with Crippen LogP contribution in [0.4, 0.5) is 17.3 Å². The van der Waals surface area contributed by atoms with Crippen LogP contribution in [0.15, 0.2) is 30.5 Å². The third-order valence-electron chi connectivity index (χ3n) is 5.33. The summed E-state index contributed by atoms with van der Waals surface area (Å²) in [6.45, 7) is 1.90. The van der Waals surface area contributed by atoms with Gasteiger partial charge in [0.2, 0.25) is 5.75 Å². The fourth-order valence-electron chi connectivity index (χ4n) is 3.68. The Kier molecular flexibility index (Phi) is 6.31. The monoisotopic (exact) mass is 490 g/mol. The average Bonchev–Trinajstić information content (AvgIpc) is 3.19. The largest absolute Gasteiger partial charge is 0.493 e. The summed E-state index contributed by atoms with van der Waals surface area (Å²) in [5.74, 6) is 1.09. The van der Waals surface area contributed by atoms with Crippen molar-refractivity contribution in [3.05, 3.63) is 46.5 Å². The van der Waals surface area contributed by atoms with Gasteiger partial charge in [-0.3, -0.25) is 4.79 Å². The van der Waals surface area contributed by atoms with Crippen LogP contribution < -0.4 is 31.0 Å². The smallest absolute Gasteiger partial charge is 0.269 e. The van der Waals surface area contributed by atoms with Gasteiger partial charge < -0.3 is 31.0 Å². The Morgan fingerprint density at radius 1 is 1.11 bits per heavy atom. The van der Waals surface area contributed by atoms with Crippen molar-refractivity contribution in [1.29, 1.82) is 5.26 Å². The number of pyridine rings is 2. The summed E-state index contributed by atoms with van der Waals surface area (Å²) >= 11 is 1.07. The molecule has 10 nitrogen and oxygen atoms in total. The number of benzene rings is 1. The van der Waals surface area contributed by atoms with E-state index in [-0.39, 0.29) is 21.9 Å². The summed E-state index contributed by atoms with van der Waals surface area (Å²) in [6.07, 6.45) is 1.65. The normalized spacial score (nSPS) is 10.6. The lowest BCUT2D eigenvalue weighted by Gasteiger charge is -2.16. The summed E-state index contributed by atoms with van der Waals surface area (Å²) in [7, 11) is 4.47. The van der Waals surface area contributed by atoms with E-state index in [0.717, 1.165) is 16.9 Å². The molecule has 1 aromatic carbocycles. The summed E-state index contributed by atoms with van der Waals surface area (Å²) in [5, 5.41) is 13.1. The second-order valence-electron chi connectivity index (χ2n) is 7.47. The van der Waals surface area contributed by atoms with Gasteiger partial charge in [0, 0.05) is 17.1 Å². The molecule has 5 N–H and O–H groups in total. The number of hydrogen-bond acceptors (Lipinski definition) is 10. The molecule has 4 rings (SSSR count). The molecular weight excluding hydrogens is 468 g/mol. The lowest BCUT2D eigenvalue weighted by Crippen LogP contribution is -2.13. The second kappa shape index (κ2) is 9.36. The topological polar surface area (TPSA) is 158 Å². The minimum Gasteiger partial charge on any atom is -0.493 e. The SMILES string of the molecule is COc1cc(-c2c(C#N)c(N)nc3sc(C(=O)Nc4ccc(C)cn4)c(N)c23)cc(OC)c1OC. The third kappa shape index (κ3) is 4.11. The molecule has 0 saturated heterocycles. The van der Waals surface area contributed by atoms with Gasteiger partial charge in [0.05, 0.1) is 27.0 Å². The van der Waals surface area contributed by atoms with Crippen molar-refractivity contribution in [3.8, 4) is 34.4 Å². The van der Waals surface area contributed by atoms with Gasteiger partial charge in [-0.2, -0.15) is 5.26 Å². The van der Waals surface area contributed by atoms with Crippen molar-refractivity contribution < 1.29 is 19.0 Å². The molecule has 3 aromatic heterocycles. The van der Waals surface area contributed by atoms with Gasteiger partial charge in [0.25, 0.3) is 5.91 Å². The molecule has 0 aliphatic rings. The highest BCUT2D eigenvalue weighted by Gasteiger charge is 2.26. The first kappa shape index (κ1) is 23.6. The van der Waals surface area contributed by atoms with Crippen LogP contribution in [-0.4, -0.2) is 37.2 Å². The minimum atomic E-state index is -0.449. The van der Waals surface area contributed by atoms with Gasteiger partial charge in [0.1, 0.15) is 33.0 Å². The maximum absolute atomic E-state index is 13.1. The Balaban J connectivity index is 1.95. The number of methoxy groups -OCH3 is 3. The van der Waals surface area contributed by atoms with Gasteiger partial charge in [-0.15, -0.1) is 11.3 Å². The average molecular weight is 491 g/mol. The van der Waals surface area contributed by atoms with Gasteiger partial charge >= 0.3 is 0 Å². The Bertz CT molecular complexity index is 1470. The van der Waals surface area contributed by atoms with Crippen LogP contribution in [-0.2, 0) is 0 Å². The van der Waals surface area contributed by atoms with Crippen molar-refractivity contribution in [2.24, 2.45) is 0 Å². The van der Waals surface area contributed by atoms with Crippen LogP contribution in [0, 0.1) is 18.3 Å². The summed E-state index contributed by atoms with van der Waals surface area (Å²) < 4.78 is 16.3. The maximum Gasteiger partial charge on any atom is 0.269 e. The molecule has 0 aliphatic carbocycles. The molecule has 3 heterocycles. The Morgan fingerprint density at radius 3 is 2.34 bits per heavy atom. The molecule has 35 heavy (non-hydrogen) atoms. The van der Waals surface area contributed by atoms with Crippen LogP contribution in [0.1, 0.15) is 20.8 Å². The fraction of sp³-hybridized carbons (Fsp3) is 0.167. The van der Waals surface area contributed by atoms with Gasteiger partial charge in [-0.25, -0.2) is 9.97 Å². The number of hydrogen-bond donors (Lipinski definition) is 3. The Labute approximate surface area is 205 Å². The highest BCUT2D eigenvalue weighted by Crippen LogP contribution is 2.47. The van der Waals surface area contributed by atoms with Crippen LogP contribution in [0.3, 0.4) is 0 Å². The number of aromatic nitrogens is 2. The van der Waals surface area contributed by atoms with Crippen LogP contribution in [0.25, 0.3) is 21.3 Å². The molecule has 0 atom stereocenters. The van der Waals surface area contributed by atoms with Gasteiger partial charge in [0.15, 0.2) is 11.5 Å². The molecule has 0 unspecified atom stereocenters. The van der Waals surface area contributed by atoms with Crippen molar-refractivity contribution in [2.75, 3.05) is 38.1 Å². The molecule has 0 bridgehead atoms. The van der Waals surface area contributed by atoms with E-state index in [2.05, 4.69) is 21.4 Å². The quantitative estimate of drug-likeness (QED) is 0.363. The first-order valence-corrected chi connectivity index (χ1v) is 11.1. The van der Waals surface area contributed by atoms with Crippen LogP contribution in [0.2, 0.25) is 0 Å². The first-order valence-electron chi connectivity index (χ1n) is 10.3. The fourth-order valence-corrected chi connectivity index (χ4v) is 4.69. The molecule has 11 heteroatoms. The number of nitrogens with zero attached hydrogens (tertiary/aromatic N) is 3. The Morgan fingerprint density at radius 2 is 1.80 bits per heavy atom. The van der Waals surface area contributed by atoms with Crippen molar-refractivity contribution >= 4 is 44.8 Å². The van der Waals surface area contributed by atoms with E-state index >= 15 is 0 Å². The number of thiophene rings is 1. The van der Waals surface area contributed by atoms with E-state index in [1.54, 1.807) is 24.4 Å². The van der Waals surface area contributed by atoms with Crippen LogP contribution >= 0.6 is 11.3 Å². The van der Waals surface area contributed by atoms with Gasteiger partial charge in [-0.1, -0.05) is 6.07 Å². The third-order valence-corrected chi connectivity index (χ3v) is 6.43. The number of anilines is 3. The molecule has 0 radical (unpaired) electrons. The van der Waals surface area contributed by atoms with E-state index < -0.39 is 5.91 Å². The van der Waals surface area contributed by atoms with Gasteiger partial charge in [-0.05, 0) is 36.2 Å². The number of fused-ring (bicyclic) bond motifs is 1. The molecule has 178 valence electrons. The number of nitrogen functional groups attached to an aromatic ring is 2. The number of carbonyl (C=O) groups excluding carboxylic acids is 1. The summed E-state index contributed by atoms with van der Waals surface area (Å²) in [6, 6.07) is 9.01. The minimum absolute atomic E-state index is 0.0113. The summed E-state index contributed by atoms with van der Waals surface area (Å²) in [4.78, 5) is 22.2. The number of ether oxygens (including phenoxy) is 3. The highest BCUT2D eigenvalue weighted by atomic mass is 32.1. The zero-order chi connectivity index (χ0) is 25.3. The number of nitrogens with one attached hydrogen (secondary N) is 1. The number of rotatable bonds is 6. The zero-order valence-electron chi connectivity index (χ0n) is 19.4. The molecular formula is C24H22N6O4S.